The molecule has 0 atom stereocenters. The molecule has 0 unspecified atom stereocenters. The van der Waals surface area contributed by atoms with Crippen LogP contribution in [0.5, 0.6) is 0 Å². The molecule has 0 spiro atoms. The third kappa shape index (κ3) is 4.33. The standard InChI is InChI=1S/C15H16N2O5S2/c1-17(2)13(18)10-22-15(19)11-6-3-4-7-12(11)16-24(20,21)14-8-5-9-23-14/h3-9,16H,10H2,1-2H3. The summed E-state index contributed by atoms with van der Waals surface area (Å²) in [5, 5.41) is 1.64. The minimum Gasteiger partial charge on any atom is -0.452 e. The Labute approximate surface area is 143 Å². The number of likely N-dealkylation sites (N-methyl/N-ethyl adjacent to an activating group) is 1. The number of hydrogen-bond donors (Lipinski definition) is 1. The molecule has 0 bridgehead atoms. The summed E-state index contributed by atoms with van der Waals surface area (Å²) in [6.07, 6.45) is 0. The maximum atomic E-state index is 12.3. The van der Waals surface area contributed by atoms with Crippen molar-refractivity contribution in [2.75, 3.05) is 25.4 Å². The predicted octanol–water partition coefficient (Wildman–Crippen LogP) is 1.79. The summed E-state index contributed by atoms with van der Waals surface area (Å²) in [5.41, 5.74) is 0.123. The molecule has 0 saturated heterocycles. The Bertz CT molecular complexity index is 829. The van der Waals surface area contributed by atoms with Crippen LogP contribution < -0.4 is 4.72 Å². The minimum atomic E-state index is -3.79. The Hall–Kier alpha value is -2.39. The van der Waals surface area contributed by atoms with Gasteiger partial charge in [0.15, 0.2) is 6.61 Å². The number of hydrogen-bond acceptors (Lipinski definition) is 6. The zero-order chi connectivity index (χ0) is 17.7. The van der Waals surface area contributed by atoms with Crippen LogP contribution in [-0.4, -0.2) is 45.9 Å². The van der Waals surface area contributed by atoms with Crippen molar-refractivity contribution in [2.45, 2.75) is 4.21 Å². The molecule has 0 fully saturated rings. The lowest BCUT2D eigenvalue weighted by molar-refractivity contribution is -0.131. The average Bonchev–Trinajstić information content (AvgIpc) is 3.07. The van der Waals surface area contributed by atoms with E-state index in [4.69, 9.17) is 4.74 Å². The predicted molar refractivity (Wildman–Crippen MR) is 90.5 cm³/mol. The third-order valence-corrected chi connectivity index (χ3v) is 5.74. The number of esters is 1. The van der Waals surface area contributed by atoms with Crippen LogP contribution in [0.3, 0.4) is 0 Å². The van der Waals surface area contributed by atoms with Crippen LogP contribution in [0.2, 0.25) is 0 Å². The molecule has 2 rings (SSSR count). The van der Waals surface area contributed by atoms with Crippen LogP contribution in [0.25, 0.3) is 0 Å². The summed E-state index contributed by atoms with van der Waals surface area (Å²) in [6.45, 7) is -0.419. The van der Waals surface area contributed by atoms with E-state index in [0.29, 0.717) is 0 Å². The van der Waals surface area contributed by atoms with Crippen molar-refractivity contribution in [3.63, 3.8) is 0 Å². The van der Waals surface area contributed by atoms with Gasteiger partial charge in [0.1, 0.15) is 4.21 Å². The number of carbonyl (C=O) groups excluding carboxylic acids is 2. The number of anilines is 1. The number of benzene rings is 1. The Morgan fingerprint density at radius 2 is 1.88 bits per heavy atom. The van der Waals surface area contributed by atoms with Crippen LogP contribution in [-0.2, 0) is 19.6 Å². The summed E-state index contributed by atoms with van der Waals surface area (Å²) in [6, 6.07) is 9.13. The molecule has 0 aliphatic carbocycles. The number of amides is 1. The first kappa shape index (κ1) is 18.0. The van der Waals surface area contributed by atoms with Gasteiger partial charge in [-0.05, 0) is 23.6 Å². The summed E-state index contributed by atoms with van der Waals surface area (Å²) in [5.74, 6) is -1.16. The Morgan fingerprint density at radius 3 is 2.50 bits per heavy atom. The monoisotopic (exact) mass is 368 g/mol. The molecule has 1 aromatic heterocycles. The van der Waals surface area contributed by atoms with E-state index >= 15 is 0 Å². The molecule has 0 aliphatic heterocycles. The molecule has 1 aromatic carbocycles. The zero-order valence-corrected chi connectivity index (χ0v) is 14.7. The number of ether oxygens (including phenoxy) is 1. The molecule has 0 aliphatic rings. The van der Waals surface area contributed by atoms with Crippen molar-refractivity contribution >= 4 is 38.9 Å². The van der Waals surface area contributed by atoms with Crippen LogP contribution >= 0.6 is 11.3 Å². The van der Waals surface area contributed by atoms with Gasteiger partial charge in [0, 0.05) is 14.1 Å². The van der Waals surface area contributed by atoms with Gasteiger partial charge in [-0.25, -0.2) is 13.2 Å². The van der Waals surface area contributed by atoms with E-state index in [1.54, 1.807) is 37.7 Å². The highest BCUT2D eigenvalue weighted by atomic mass is 32.2. The van der Waals surface area contributed by atoms with Gasteiger partial charge in [-0.15, -0.1) is 11.3 Å². The van der Waals surface area contributed by atoms with Crippen LogP contribution in [0, 0.1) is 0 Å². The van der Waals surface area contributed by atoms with Gasteiger partial charge in [-0.1, -0.05) is 18.2 Å². The van der Waals surface area contributed by atoms with Crippen molar-refractivity contribution in [1.29, 1.82) is 0 Å². The fourth-order valence-corrected chi connectivity index (χ4v) is 3.77. The molecule has 1 N–H and O–H groups in total. The SMILES string of the molecule is CN(C)C(=O)COC(=O)c1ccccc1NS(=O)(=O)c1cccs1. The van der Waals surface area contributed by atoms with E-state index in [9.17, 15) is 18.0 Å². The lowest BCUT2D eigenvalue weighted by atomic mass is 10.2. The van der Waals surface area contributed by atoms with Crippen LogP contribution in [0.1, 0.15) is 10.4 Å². The maximum Gasteiger partial charge on any atom is 0.340 e. The van der Waals surface area contributed by atoms with Gasteiger partial charge in [-0.3, -0.25) is 9.52 Å². The van der Waals surface area contributed by atoms with Crippen molar-refractivity contribution in [3.05, 3.63) is 47.3 Å². The fraction of sp³-hybridized carbons (Fsp3) is 0.200. The molecule has 0 radical (unpaired) electrons. The number of para-hydroxylation sites is 1. The second kappa shape index (κ2) is 7.45. The van der Waals surface area contributed by atoms with Gasteiger partial charge < -0.3 is 9.64 Å². The summed E-state index contributed by atoms with van der Waals surface area (Å²) < 4.78 is 32.0. The maximum absolute atomic E-state index is 12.3. The Morgan fingerprint density at radius 1 is 1.17 bits per heavy atom. The molecule has 0 saturated carbocycles. The number of thiophene rings is 1. The van der Waals surface area contributed by atoms with Crippen LogP contribution in [0.15, 0.2) is 46.0 Å². The highest BCUT2D eigenvalue weighted by Crippen LogP contribution is 2.23. The van der Waals surface area contributed by atoms with E-state index in [1.165, 1.54) is 23.1 Å². The number of rotatable bonds is 6. The lowest BCUT2D eigenvalue weighted by Crippen LogP contribution is -2.27. The van der Waals surface area contributed by atoms with E-state index in [2.05, 4.69) is 4.72 Å². The largest absolute Gasteiger partial charge is 0.452 e. The fourth-order valence-electron chi connectivity index (χ4n) is 1.70. The Balaban J connectivity index is 2.18. The molecule has 1 heterocycles. The number of nitrogens with zero attached hydrogens (tertiary/aromatic N) is 1. The summed E-state index contributed by atoms with van der Waals surface area (Å²) >= 11 is 1.06. The second-order valence-electron chi connectivity index (χ2n) is 4.95. The number of nitrogens with one attached hydrogen (secondary N) is 1. The molecule has 2 aromatic rings. The first-order valence-corrected chi connectivity index (χ1v) is 9.20. The summed E-state index contributed by atoms with van der Waals surface area (Å²) in [7, 11) is -0.703. The third-order valence-electron chi connectivity index (χ3n) is 2.98. The molecule has 24 heavy (non-hydrogen) atoms. The van der Waals surface area contributed by atoms with Gasteiger partial charge >= 0.3 is 5.97 Å². The van der Waals surface area contributed by atoms with E-state index in [-0.39, 0.29) is 21.4 Å². The first-order chi connectivity index (χ1) is 11.3. The number of carbonyl (C=O) groups is 2. The molecule has 9 heteroatoms. The molecular weight excluding hydrogens is 352 g/mol. The van der Waals surface area contributed by atoms with Gasteiger partial charge in [-0.2, -0.15) is 0 Å². The highest BCUT2D eigenvalue weighted by Gasteiger charge is 2.20. The highest BCUT2D eigenvalue weighted by molar-refractivity contribution is 7.94. The van der Waals surface area contributed by atoms with Crippen molar-refractivity contribution in [3.8, 4) is 0 Å². The zero-order valence-electron chi connectivity index (χ0n) is 13.1. The lowest BCUT2D eigenvalue weighted by Gasteiger charge is -2.13. The van der Waals surface area contributed by atoms with Crippen molar-refractivity contribution in [1.82, 2.24) is 4.90 Å². The van der Waals surface area contributed by atoms with Gasteiger partial charge in [0.05, 0.1) is 11.3 Å². The number of sulfonamides is 1. The minimum absolute atomic E-state index is 0.0317. The molecular formula is C15H16N2O5S2. The van der Waals surface area contributed by atoms with Crippen molar-refractivity contribution < 1.29 is 22.7 Å². The molecule has 7 nitrogen and oxygen atoms in total. The summed E-state index contributed by atoms with van der Waals surface area (Å²) in [4.78, 5) is 24.9. The van der Waals surface area contributed by atoms with Gasteiger partial charge in [0.25, 0.3) is 15.9 Å². The smallest absolute Gasteiger partial charge is 0.340 e. The normalized spacial score (nSPS) is 10.9. The van der Waals surface area contributed by atoms with Gasteiger partial charge in [0.2, 0.25) is 0 Å². The first-order valence-electron chi connectivity index (χ1n) is 6.84. The van der Waals surface area contributed by atoms with E-state index in [1.807, 2.05) is 0 Å². The van der Waals surface area contributed by atoms with E-state index < -0.39 is 22.6 Å². The topological polar surface area (TPSA) is 92.8 Å². The van der Waals surface area contributed by atoms with Crippen LogP contribution in [0.4, 0.5) is 5.69 Å². The molecule has 128 valence electrons. The van der Waals surface area contributed by atoms with Crippen molar-refractivity contribution in [2.24, 2.45) is 0 Å². The van der Waals surface area contributed by atoms with E-state index in [0.717, 1.165) is 11.3 Å². The Kier molecular flexibility index (Phi) is 5.58. The second-order valence-corrected chi connectivity index (χ2v) is 7.80. The average molecular weight is 368 g/mol. The molecule has 1 amide bonds. The quantitative estimate of drug-likeness (QED) is 0.785.